The maximum atomic E-state index is 4.23. The van der Waals surface area contributed by atoms with Crippen LogP contribution in [0.4, 0.5) is 0 Å². The van der Waals surface area contributed by atoms with Gasteiger partial charge in [-0.1, -0.05) is 24.3 Å². The van der Waals surface area contributed by atoms with Crippen LogP contribution < -0.4 is 10.6 Å². The molecule has 2 aromatic rings. The molecule has 2 rings (SSSR count). The lowest BCUT2D eigenvalue weighted by Crippen LogP contribution is -2.37. The molecule has 0 saturated heterocycles. The van der Waals surface area contributed by atoms with E-state index in [0.29, 0.717) is 6.54 Å². The fraction of sp³-hybridized carbons (Fsp3) is 0.438. The van der Waals surface area contributed by atoms with E-state index in [-0.39, 0.29) is 0 Å². The highest BCUT2D eigenvalue weighted by Gasteiger charge is 2.03. The standard InChI is InChI=1S/C16H25N7/c1-17-16(19-10-15-20-12-21-23(15)4)18-9-13-6-5-7-14(8-13)11-22(2)3/h5-8,12H,9-11H2,1-4H3,(H2,17,18,19). The molecule has 0 atom stereocenters. The van der Waals surface area contributed by atoms with Gasteiger partial charge in [0.1, 0.15) is 12.2 Å². The van der Waals surface area contributed by atoms with E-state index in [9.17, 15) is 0 Å². The van der Waals surface area contributed by atoms with E-state index in [4.69, 9.17) is 0 Å². The van der Waals surface area contributed by atoms with Gasteiger partial charge in [0.15, 0.2) is 5.96 Å². The second-order valence-electron chi connectivity index (χ2n) is 5.64. The molecule has 1 aromatic carbocycles. The van der Waals surface area contributed by atoms with Crippen LogP contribution in [0.25, 0.3) is 0 Å². The van der Waals surface area contributed by atoms with Gasteiger partial charge in [0, 0.05) is 27.2 Å². The van der Waals surface area contributed by atoms with Crippen molar-refractivity contribution in [3.05, 3.63) is 47.5 Å². The minimum absolute atomic E-state index is 0.580. The van der Waals surface area contributed by atoms with Crippen LogP contribution >= 0.6 is 0 Å². The van der Waals surface area contributed by atoms with Crippen molar-refractivity contribution < 1.29 is 0 Å². The summed E-state index contributed by atoms with van der Waals surface area (Å²) >= 11 is 0. The first-order valence-corrected chi connectivity index (χ1v) is 7.58. The van der Waals surface area contributed by atoms with Gasteiger partial charge in [0.05, 0.1) is 6.54 Å². The molecule has 7 nitrogen and oxygen atoms in total. The molecule has 0 spiro atoms. The molecule has 1 aromatic heterocycles. The van der Waals surface area contributed by atoms with E-state index in [0.717, 1.165) is 24.9 Å². The highest BCUT2D eigenvalue weighted by Crippen LogP contribution is 2.06. The molecular weight excluding hydrogens is 290 g/mol. The van der Waals surface area contributed by atoms with Gasteiger partial charge >= 0.3 is 0 Å². The van der Waals surface area contributed by atoms with Crippen molar-refractivity contribution in [1.82, 2.24) is 30.3 Å². The van der Waals surface area contributed by atoms with Crippen molar-refractivity contribution in [2.24, 2.45) is 12.0 Å². The van der Waals surface area contributed by atoms with Gasteiger partial charge in [0.25, 0.3) is 0 Å². The fourth-order valence-electron chi connectivity index (χ4n) is 2.25. The number of guanidine groups is 1. The van der Waals surface area contributed by atoms with Crippen LogP contribution in [0.3, 0.4) is 0 Å². The fourth-order valence-corrected chi connectivity index (χ4v) is 2.25. The summed E-state index contributed by atoms with van der Waals surface area (Å²) < 4.78 is 1.74. The minimum atomic E-state index is 0.580. The number of rotatable bonds is 6. The quantitative estimate of drug-likeness (QED) is 0.608. The van der Waals surface area contributed by atoms with E-state index < -0.39 is 0 Å². The summed E-state index contributed by atoms with van der Waals surface area (Å²) in [5, 5.41) is 10.6. The van der Waals surface area contributed by atoms with Crippen molar-refractivity contribution in [1.29, 1.82) is 0 Å². The van der Waals surface area contributed by atoms with Crippen LogP contribution in [-0.2, 0) is 26.7 Å². The van der Waals surface area contributed by atoms with E-state index in [2.05, 4.69) is 69.0 Å². The van der Waals surface area contributed by atoms with E-state index in [1.165, 1.54) is 11.1 Å². The SMILES string of the molecule is CN=C(NCc1cccc(CN(C)C)c1)NCc1ncnn1C. The summed E-state index contributed by atoms with van der Waals surface area (Å²) in [6, 6.07) is 8.56. The third-order valence-electron chi connectivity index (χ3n) is 3.39. The van der Waals surface area contributed by atoms with Gasteiger partial charge < -0.3 is 15.5 Å². The number of nitrogens with one attached hydrogen (secondary N) is 2. The van der Waals surface area contributed by atoms with E-state index in [1.54, 1.807) is 18.1 Å². The number of hydrogen-bond acceptors (Lipinski definition) is 4. The number of nitrogens with zero attached hydrogens (tertiary/aromatic N) is 5. The van der Waals surface area contributed by atoms with Crippen LogP contribution in [0.15, 0.2) is 35.6 Å². The first-order chi connectivity index (χ1) is 11.1. The highest BCUT2D eigenvalue weighted by molar-refractivity contribution is 5.79. The van der Waals surface area contributed by atoms with Crippen LogP contribution in [0.5, 0.6) is 0 Å². The molecule has 0 radical (unpaired) electrons. The largest absolute Gasteiger partial charge is 0.352 e. The molecule has 23 heavy (non-hydrogen) atoms. The molecule has 124 valence electrons. The smallest absolute Gasteiger partial charge is 0.191 e. The topological polar surface area (TPSA) is 70.4 Å². The van der Waals surface area contributed by atoms with Crippen LogP contribution in [0.1, 0.15) is 17.0 Å². The molecule has 0 fully saturated rings. The third kappa shape index (κ3) is 5.37. The molecule has 0 aliphatic carbocycles. The summed E-state index contributed by atoms with van der Waals surface area (Å²) in [6.07, 6.45) is 1.55. The van der Waals surface area contributed by atoms with E-state index in [1.807, 2.05) is 7.05 Å². The lowest BCUT2D eigenvalue weighted by Gasteiger charge is -2.13. The zero-order valence-corrected chi connectivity index (χ0v) is 14.2. The maximum absolute atomic E-state index is 4.23. The maximum Gasteiger partial charge on any atom is 0.191 e. The molecule has 1 heterocycles. The third-order valence-corrected chi connectivity index (χ3v) is 3.39. The lowest BCUT2D eigenvalue weighted by atomic mass is 10.1. The number of aromatic nitrogens is 3. The summed E-state index contributed by atoms with van der Waals surface area (Å²) in [6.45, 7) is 2.24. The average Bonchev–Trinajstić information content (AvgIpc) is 2.92. The zero-order chi connectivity index (χ0) is 16.7. The molecule has 0 aliphatic rings. The zero-order valence-electron chi connectivity index (χ0n) is 14.2. The van der Waals surface area contributed by atoms with Crippen LogP contribution in [0, 0.1) is 0 Å². The second kappa shape index (κ2) is 8.28. The van der Waals surface area contributed by atoms with Crippen molar-refractivity contribution in [3.8, 4) is 0 Å². The normalized spacial score (nSPS) is 11.8. The van der Waals surface area contributed by atoms with Gasteiger partial charge in [-0.2, -0.15) is 5.10 Å². The first kappa shape index (κ1) is 17.0. The Bertz CT molecular complexity index is 645. The predicted octanol–water partition coefficient (Wildman–Crippen LogP) is 0.742. The average molecular weight is 315 g/mol. The Morgan fingerprint density at radius 3 is 2.61 bits per heavy atom. The molecule has 0 saturated carbocycles. The number of benzene rings is 1. The van der Waals surface area contributed by atoms with Crippen LogP contribution in [0.2, 0.25) is 0 Å². The Kier molecular flexibility index (Phi) is 6.10. The van der Waals surface area contributed by atoms with Crippen LogP contribution in [-0.4, -0.2) is 46.8 Å². The van der Waals surface area contributed by atoms with Gasteiger partial charge in [-0.15, -0.1) is 0 Å². The summed E-state index contributed by atoms with van der Waals surface area (Å²) in [7, 11) is 7.78. The van der Waals surface area contributed by atoms with Gasteiger partial charge in [-0.05, 0) is 25.2 Å². The molecular formula is C16H25N7. The number of aliphatic imine (C=N–C) groups is 1. The Labute approximate surface area is 137 Å². The Balaban J connectivity index is 1.87. The second-order valence-corrected chi connectivity index (χ2v) is 5.64. The van der Waals surface area contributed by atoms with Gasteiger partial charge in [0.2, 0.25) is 0 Å². The molecule has 2 N–H and O–H groups in total. The van der Waals surface area contributed by atoms with E-state index >= 15 is 0 Å². The van der Waals surface area contributed by atoms with Gasteiger partial charge in [-0.3, -0.25) is 9.67 Å². The predicted molar refractivity (Wildman–Crippen MR) is 91.9 cm³/mol. The molecule has 0 amide bonds. The van der Waals surface area contributed by atoms with Crippen molar-refractivity contribution in [2.75, 3.05) is 21.1 Å². The molecule has 0 unspecified atom stereocenters. The monoisotopic (exact) mass is 315 g/mol. The minimum Gasteiger partial charge on any atom is -0.352 e. The number of aryl methyl sites for hydroxylation is 1. The van der Waals surface area contributed by atoms with Gasteiger partial charge in [-0.25, -0.2) is 4.98 Å². The molecule has 0 aliphatic heterocycles. The molecule has 0 bridgehead atoms. The number of hydrogen-bond donors (Lipinski definition) is 2. The Morgan fingerprint density at radius 2 is 1.96 bits per heavy atom. The summed E-state index contributed by atoms with van der Waals surface area (Å²) in [5.74, 6) is 1.60. The van der Waals surface area contributed by atoms with Crippen molar-refractivity contribution in [2.45, 2.75) is 19.6 Å². The first-order valence-electron chi connectivity index (χ1n) is 7.58. The van der Waals surface area contributed by atoms with Crippen molar-refractivity contribution >= 4 is 5.96 Å². The highest BCUT2D eigenvalue weighted by atomic mass is 15.3. The summed E-state index contributed by atoms with van der Waals surface area (Å²) in [5.41, 5.74) is 2.53. The summed E-state index contributed by atoms with van der Waals surface area (Å²) in [4.78, 5) is 10.6. The Hall–Kier alpha value is -2.41. The van der Waals surface area contributed by atoms with Crippen molar-refractivity contribution in [3.63, 3.8) is 0 Å². The molecule has 7 heteroatoms. The lowest BCUT2D eigenvalue weighted by molar-refractivity contribution is 0.402. The Morgan fingerprint density at radius 1 is 1.22 bits per heavy atom.